The maximum atomic E-state index is 6.94. The summed E-state index contributed by atoms with van der Waals surface area (Å²) in [6.07, 6.45) is 4.67. The van der Waals surface area contributed by atoms with Crippen LogP contribution in [0.3, 0.4) is 0 Å². The van der Waals surface area contributed by atoms with E-state index in [9.17, 15) is 0 Å². The molecule has 0 spiro atoms. The Labute approximate surface area is 141 Å². The molecule has 0 aliphatic carbocycles. The third kappa shape index (κ3) is 2.88. The summed E-state index contributed by atoms with van der Waals surface area (Å²) in [5.41, 5.74) is 2.46. The van der Waals surface area contributed by atoms with Gasteiger partial charge in [0, 0.05) is 5.56 Å². The van der Waals surface area contributed by atoms with E-state index >= 15 is 0 Å². The predicted molar refractivity (Wildman–Crippen MR) is 101 cm³/mol. The van der Waals surface area contributed by atoms with Crippen LogP contribution in [0.25, 0.3) is 5.76 Å². The van der Waals surface area contributed by atoms with Crippen LogP contribution in [-0.2, 0) is 4.43 Å². The van der Waals surface area contributed by atoms with Crippen molar-refractivity contribution < 1.29 is 4.43 Å². The zero-order valence-corrected chi connectivity index (χ0v) is 15.3. The molecular weight excluding hydrogens is 296 g/mol. The van der Waals surface area contributed by atoms with Crippen molar-refractivity contribution in [3.05, 3.63) is 72.3 Å². The van der Waals surface area contributed by atoms with Crippen LogP contribution in [-0.4, -0.2) is 8.32 Å². The van der Waals surface area contributed by atoms with Gasteiger partial charge in [-0.2, -0.15) is 0 Å². The van der Waals surface area contributed by atoms with Crippen LogP contribution in [0.15, 0.2) is 66.7 Å². The lowest BCUT2D eigenvalue weighted by molar-refractivity contribution is 0.488. The molecule has 120 valence electrons. The van der Waals surface area contributed by atoms with Gasteiger partial charge in [0.1, 0.15) is 5.76 Å². The van der Waals surface area contributed by atoms with Crippen LogP contribution >= 0.6 is 0 Å². The molecule has 0 amide bonds. The molecule has 1 aliphatic rings. The van der Waals surface area contributed by atoms with Crippen LogP contribution < -0.4 is 5.19 Å². The van der Waals surface area contributed by atoms with Gasteiger partial charge >= 0.3 is 0 Å². The third-order valence-electron chi connectivity index (χ3n) is 5.32. The molecule has 0 N–H and O–H groups in total. The normalized spacial score (nSPS) is 27.9. The summed E-state index contributed by atoms with van der Waals surface area (Å²) in [7, 11) is -2.05. The van der Waals surface area contributed by atoms with Gasteiger partial charge in [-0.25, -0.2) is 0 Å². The lowest BCUT2D eigenvalue weighted by Crippen LogP contribution is -2.53. The highest BCUT2D eigenvalue weighted by atomic mass is 28.4. The summed E-state index contributed by atoms with van der Waals surface area (Å²) in [5.74, 6) is 1.04. The minimum atomic E-state index is -2.05. The van der Waals surface area contributed by atoms with Crippen molar-refractivity contribution in [3.63, 3.8) is 0 Å². The molecule has 1 heterocycles. The van der Waals surface area contributed by atoms with Gasteiger partial charge in [0.15, 0.2) is 0 Å². The van der Waals surface area contributed by atoms with Crippen molar-refractivity contribution in [2.75, 3.05) is 0 Å². The smallest absolute Gasteiger partial charge is 0.288 e. The molecular formula is C21H26OSi. The number of hydrogen-bond donors (Lipinski definition) is 0. The van der Waals surface area contributed by atoms with Crippen molar-refractivity contribution in [1.29, 1.82) is 0 Å². The van der Waals surface area contributed by atoms with Crippen molar-refractivity contribution in [1.82, 2.24) is 0 Å². The highest BCUT2D eigenvalue weighted by molar-refractivity contribution is 6.90. The molecule has 1 fully saturated rings. The second kappa shape index (κ2) is 6.75. The zero-order valence-electron chi connectivity index (χ0n) is 14.3. The number of hydrogen-bond acceptors (Lipinski definition) is 1. The quantitative estimate of drug-likeness (QED) is 0.534. The number of rotatable bonds is 4. The molecule has 23 heavy (non-hydrogen) atoms. The second-order valence-corrected chi connectivity index (χ2v) is 11.0. The van der Waals surface area contributed by atoms with Gasteiger partial charge < -0.3 is 4.43 Å². The molecule has 2 atom stereocenters. The van der Waals surface area contributed by atoms with Crippen molar-refractivity contribution in [3.8, 4) is 0 Å². The molecule has 2 heteroatoms. The Morgan fingerprint density at radius 2 is 1.43 bits per heavy atom. The van der Waals surface area contributed by atoms with Crippen molar-refractivity contribution in [2.24, 2.45) is 0 Å². The van der Waals surface area contributed by atoms with Gasteiger partial charge in [0.05, 0.1) is 0 Å². The SMILES string of the molecule is C/C=C(/O[Si]1(c2ccccc2)C(C)CCC1C)c1ccccc1. The van der Waals surface area contributed by atoms with E-state index in [1.165, 1.54) is 23.6 Å². The molecule has 2 aromatic carbocycles. The summed E-state index contributed by atoms with van der Waals surface area (Å²) >= 11 is 0. The molecule has 1 aliphatic heterocycles. The van der Waals surface area contributed by atoms with E-state index in [2.05, 4.69) is 87.5 Å². The fraction of sp³-hybridized carbons (Fsp3) is 0.333. The Hall–Kier alpha value is -1.80. The maximum absolute atomic E-state index is 6.94. The van der Waals surface area contributed by atoms with E-state index in [-0.39, 0.29) is 0 Å². The predicted octanol–water partition coefficient (Wildman–Crippen LogP) is 5.49. The van der Waals surface area contributed by atoms with Gasteiger partial charge in [-0.3, -0.25) is 0 Å². The fourth-order valence-electron chi connectivity index (χ4n) is 4.01. The minimum Gasteiger partial charge on any atom is -0.538 e. The molecule has 1 nitrogen and oxygen atoms in total. The molecule has 0 bridgehead atoms. The highest BCUT2D eigenvalue weighted by Crippen LogP contribution is 2.48. The van der Waals surface area contributed by atoms with E-state index in [4.69, 9.17) is 4.43 Å². The molecule has 0 radical (unpaired) electrons. The summed E-state index contributed by atoms with van der Waals surface area (Å²) in [5, 5.41) is 1.44. The number of allylic oxidation sites excluding steroid dienone is 1. The topological polar surface area (TPSA) is 9.23 Å². The van der Waals surface area contributed by atoms with Gasteiger partial charge in [-0.1, -0.05) is 74.5 Å². The lowest BCUT2D eigenvalue weighted by Gasteiger charge is -2.37. The molecule has 2 unspecified atom stereocenters. The Balaban J connectivity index is 2.04. The molecule has 1 saturated heterocycles. The van der Waals surface area contributed by atoms with Crippen LogP contribution in [0.4, 0.5) is 0 Å². The first-order valence-electron chi connectivity index (χ1n) is 8.64. The Morgan fingerprint density at radius 1 is 0.913 bits per heavy atom. The third-order valence-corrected chi connectivity index (χ3v) is 10.6. The van der Waals surface area contributed by atoms with E-state index in [0.717, 1.165) is 5.76 Å². The summed E-state index contributed by atoms with van der Waals surface area (Å²) in [4.78, 5) is 0. The van der Waals surface area contributed by atoms with Gasteiger partial charge in [0.25, 0.3) is 8.32 Å². The van der Waals surface area contributed by atoms with Gasteiger partial charge in [-0.05, 0) is 42.1 Å². The second-order valence-electron chi connectivity index (χ2n) is 6.66. The molecule has 2 aromatic rings. The summed E-state index contributed by atoms with van der Waals surface area (Å²) in [6, 6.07) is 21.5. The fourth-order valence-corrected chi connectivity index (χ4v) is 9.14. The van der Waals surface area contributed by atoms with E-state index in [1.54, 1.807) is 0 Å². The van der Waals surface area contributed by atoms with Crippen molar-refractivity contribution >= 4 is 19.3 Å². The lowest BCUT2D eigenvalue weighted by atomic mass is 10.2. The average molecular weight is 323 g/mol. The molecule has 0 saturated carbocycles. The maximum Gasteiger partial charge on any atom is 0.288 e. The first-order chi connectivity index (χ1) is 11.2. The largest absolute Gasteiger partial charge is 0.538 e. The Kier molecular flexibility index (Phi) is 4.72. The first kappa shape index (κ1) is 16.1. The highest BCUT2D eigenvalue weighted by Gasteiger charge is 2.53. The van der Waals surface area contributed by atoms with Crippen LogP contribution in [0, 0.1) is 0 Å². The Bertz CT molecular complexity index is 653. The number of benzene rings is 2. The molecule has 3 rings (SSSR count). The van der Waals surface area contributed by atoms with Crippen LogP contribution in [0.1, 0.15) is 39.2 Å². The molecule has 0 aromatic heterocycles. The Morgan fingerprint density at radius 3 is 1.96 bits per heavy atom. The van der Waals surface area contributed by atoms with Crippen LogP contribution in [0.2, 0.25) is 11.1 Å². The van der Waals surface area contributed by atoms with Crippen LogP contribution in [0.5, 0.6) is 0 Å². The summed E-state index contributed by atoms with van der Waals surface area (Å²) in [6.45, 7) is 6.86. The van der Waals surface area contributed by atoms with Crippen molar-refractivity contribution in [2.45, 2.75) is 44.7 Å². The van der Waals surface area contributed by atoms with E-state index in [1.807, 2.05) is 0 Å². The van der Waals surface area contributed by atoms with E-state index < -0.39 is 8.32 Å². The zero-order chi connectivity index (χ0) is 16.3. The monoisotopic (exact) mass is 322 g/mol. The van der Waals surface area contributed by atoms with Gasteiger partial charge in [-0.15, -0.1) is 0 Å². The average Bonchev–Trinajstić information content (AvgIpc) is 2.90. The summed E-state index contributed by atoms with van der Waals surface area (Å²) < 4.78 is 6.94. The van der Waals surface area contributed by atoms with Gasteiger partial charge in [0.2, 0.25) is 0 Å². The minimum absolute atomic E-state index is 0.638. The standard InChI is InChI=1S/C21H26OSi/c1-4-21(19-11-7-5-8-12-19)22-23(17(2)15-16-18(23)3)20-13-9-6-10-14-20/h4-14,17-18H,15-16H2,1-3H3/b21-4+. The van der Waals surface area contributed by atoms with E-state index in [0.29, 0.717) is 11.1 Å². The first-order valence-corrected chi connectivity index (χ1v) is 10.7.